The predicted molar refractivity (Wildman–Crippen MR) is 70.8 cm³/mol. The Morgan fingerprint density at radius 1 is 1.53 bits per heavy atom. The van der Waals surface area contributed by atoms with E-state index in [9.17, 15) is 0 Å². The van der Waals surface area contributed by atoms with Crippen LogP contribution in [0.4, 0.5) is 0 Å². The Morgan fingerprint density at radius 2 is 2.18 bits per heavy atom. The molecule has 1 aliphatic carbocycles. The molecule has 1 heterocycles. The largest absolute Gasteiger partial charge is 0.327 e. The molecule has 0 radical (unpaired) electrons. The van der Waals surface area contributed by atoms with Gasteiger partial charge in [0.15, 0.2) is 0 Å². The lowest BCUT2D eigenvalue weighted by Gasteiger charge is -2.14. The molecule has 2 atom stereocenters. The summed E-state index contributed by atoms with van der Waals surface area (Å²) >= 11 is 0. The molecule has 2 unspecified atom stereocenters. The third-order valence-corrected chi connectivity index (χ3v) is 4.13. The van der Waals surface area contributed by atoms with Crippen LogP contribution >= 0.6 is 0 Å². The average molecular weight is 235 g/mol. The maximum absolute atomic E-state index is 6.32. The van der Waals surface area contributed by atoms with Gasteiger partial charge in [-0.2, -0.15) is 5.10 Å². The Bertz CT molecular complexity index is 392. The van der Waals surface area contributed by atoms with Crippen LogP contribution in [0.3, 0.4) is 0 Å². The molecule has 1 aromatic heterocycles. The molecular formula is C14H25N3. The van der Waals surface area contributed by atoms with Crippen LogP contribution in [0.15, 0.2) is 6.07 Å². The Balaban J connectivity index is 2.05. The molecule has 17 heavy (non-hydrogen) atoms. The van der Waals surface area contributed by atoms with Crippen LogP contribution in [-0.4, -0.2) is 15.8 Å². The number of hydrogen-bond acceptors (Lipinski definition) is 2. The van der Waals surface area contributed by atoms with Gasteiger partial charge in [0.25, 0.3) is 0 Å². The first-order valence-electron chi connectivity index (χ1n) is 6.79. The van der Waals surface area contributed by atoms with Crippen LogP contribution in [0.1, 0.15) is 45.5 Å². The van der Waals surface area contributed by atoms with Gasteiger partial charge in [-0.15, -0.1) is 0 Å². The number of nitrogens with two attached hydrogens (primary N) is 1. The maximum atomic E-state index is 6.32. The summed E-state index contributed by atoms with van der Waals surface area (Å²) in [7, 11) is 0. The smallest absolute Gasteiger partial charge is 0.0624 e. The van der Waals surface area contributed by atoms with Crippen molar-refractivity contribution >= 4 is 0 Å². The number of aromatic nitrogens is 2. The molecule has 3 nitrogen and oxygen atoms in total. The molecule has 0 spiro atoms. The quantitative estimate of drug-likeness (QED) is 0.851. The third kappa shape index (κ3) is 2.54. The molecule has 0 aromatic carbocycles. The Kier molecular flexibility index (Phi) is 3.30. The topological polar surface area (TPSA) is 43.8 Å². The van der Waals surface area contributed by atoms with E-state index in [-0.39, 0.29) is 6.04 Å². The van der Waals surface area contributed by atoms with Crippen molar-refractivity contribution in [1.29, 1.82) is 0 Å². The van der Waals surface area contributed by atoms with Crippen molar-refractivity contribution in [3.8, 4) is 0 Å². The van der Waals surface area contributed by atoms with Gasteiger partial charge in [-0.05, 0) is 37.2 Å². The molecule has 0 saturated heterocycles. The highest BCUT2D eigenvalue weighted by atomic mass is 15.3. The number of hydrogen-bond donors (Lipinski definition) is 1. The molecular weight excluding hydrogens is 210 g/mol. The predicted octanol–water partition coefficient (Wildman–Crippen LogP) is 2.38. The molecule has 0 amide bonds. The molecule has 3 heteroatoms. The second kappa shape index (κ2) is 4.45. The van der Waals surface area contributed by atoms with Crippen molar-refractivity contribution < 1.29 is 0 Å². The molecule has 1 fully saturated rings. The Hall–Kier alpha value is -0.830. The first-order valence-corrected chi connectivity index (χ1v) is 6.79. The number of rotatable bonds is 5. The summed E-state index contributed by atoms with van der Waals surface area (Å²) in [5, 5.41) is 4.58. The lowest BCUT2D eigenvalue weighted by atomic mass is 10.0. The van der Waals surface area contributed by atoms with E-state index in [1.54, 1.807) is 0 Å². The average Bonchev–Trinajstić information content (AvgIpc) is 2.74. The summed E-state index contributed by atoms with van der Waals surface area (Å²) in [6, 6.07) is 2.51. The Labute approximate surface area is 104 Å². The summed E-state index contributed by atoms with van der Waals surface area (Å²) in [6.45, 7) is 9.85. The molecule has 1 aliphatic rings. The fourth-order valence-corrected chi connectivity index (χ4v) is 2.75. The van der Waals surface area contributed by atoms with Gasteiger partial charge in [0.05, 0.1) is 5.69 Å². The van der Waals surface area contributed by atoms with E-state index >= 15 is 0 Å². The van der Waals surface area contributed by atoms with Gasteiger partial charge in [0.1, 0.15) is 0 Å². The van der Waals surface area contributed by atoms with Crippen molar-refractivity contribution in [1.82, 2.24) is 9.78 Å². The molecule has 2 rings (SSSR count). The van der Waals surface area contributed by atoms with Gasteiger partial charge in [0.2, 0.25) is 0 Å². The van der Waals surface area contributed by atoms with E-state index in [2.05, 4.69) is 43.5 Å². The van der Waals surface area contributed by atoms with E-state index < -0.39 is 0 Å². The van der Waals surface area contributed by atoms with Crippen LogP contribution in [0, 0.1) is 11.3 Å². The van der Waals surface area contributed by atoms with Gasteiger partial charge in [0, 0.05) is 24.7 Å². The van der Waals surface area contributed by atoms with Gasteiger partial charge in [-0.3, -0.25) is 4.68 Å². The second-order valence-corrected chi connectivity index (χ2v) is 5.96. The summed E-state index contributed by atoms with van der Waals surface area (Å²) < 4.78 is 2.11. The van der Waals surface area contributed by atoms with Crippen molar-refractivity contribution in [2.75, 3.05) is 0 Å². The fourth-order valence-electron chi connectivity index (χ4n) is 2.75. The van der Waals surface area contributed by atoms with E-state index in [1.165, 1.54) is 17.8 Å². The van der Waals surface area contributed by atoms with Gasteiger partial charge in [-0.25, -0.2) is 0 Å². The summed E-state index contributed by atoms with van der Waals surface area (Å²) in [5.74, 6) is 0.688. The number of nitrogens with zero attached hydrogens (tertiary/aromatic N) is 2. The van der Waals surface area contributed by atoms with E-state index in [0.29, 0.717) is 11.3 Å². The van der Waals surface area contributed by atoms with Crippen molar-refractivity contribution in [3.63, 3.8) is 0 Å². The molecule has 1 saturated carbocycles. The van der Waals surface area contributed by atoms with Crippen LogP contribution in [-0.2, 0) is 19.4 Å². The third-order valence-electron chi connectivity index (χ3n) is 4.13. The highest BCUT2D eigenvalue weighted by Crippen LogP contribution is 2.53. The molecule has 0 bridgehead atoms. The first kappa shape index (κ1) is 12.6. The normalized spacial score (nSPS) is 23.7. The second-order valence-electron chi connectivity index (χ2n) is 5.96. The molecule has 96 valence electrons. The van der Waals surface area contributed by atoms with Crippen LogP contribution in [0.5, 0.6) is 0 Å². The van der Waals surface area contributed by atoms with Crippen molar-refractivity contribution in [3.05, 3.63) is 17.5 Å². The summed E-state index contributed by atoms with van der Waals surface area (Å²) in [5.41, 5.74) is 9.27. The fraction of sp³-hybridized carbons (Fsp3) is 0.786. The highest BCUT2D eigenvalue weighted by molar-refractivity contribution is 5.14. The Morgan fingerprint density at radius 3 is 2.65 bits per heavy atom. The van der Waals surface area contributed by atoms with E-state index in [4.69, 9.17) is 5.73 Å². The van der Waals surface area contributed by atoms with E-state index in [0.717, 1.165) is 19.4 Å². The molecule has 0 aliphatic heterocycles. The molecule has 1 aromatic rings. The van der Waals surface area contributed by atoms with Crippen LogP contribution in [0.25, 0.3) is 0 Å². The SMILES string of the molecule is CCc1cc(CC(N)C2CC2(C)C)n(CC)n1. The lowest BCUT2D eigenvalue weighted by molar-refractivity contribution is 0.463. The molecule has 2 N–H and O–H groups in total. The highest BCUT2D eigenvalue weighted by Gasteiger charge is 2.48. The van der Waals surface area contributed by atoms with Gasteiger partial charge >= 0.3 is 0 Å². The minimum Gasteiger partial charge on any atom is -0.327 e. The van der Waals surface area contributed by atoms with Crippen molar-refractivity contribution in [2.45, 2.75) is 59.5 Å². The van der Waals surface area contributed by atoms with Crippen LogP contribution < -0.4 is 5.73 Å². The van der Waals surface area contributed by atoms with Gasteiger partial charge < -0.3 is 5.73 Å². The zero-order valence-electron chi connectivity index (χ0n) is 11.5. The summed E-state index contributed by atoms with van der Waals surface area (Å²) in [4.78, 5) is 0. The van der Waals surface area contributed by atoms with Crippen molar-refractivity contribution in [2.24, 2.45) is 17.1 Å². The zero-order chi connectivity index (χ0) is 12.6. The maximum Gasteiger partial charge on any atom is 0.0624 e. The number of aryl methyl sites for hydroxylation is 2. The van der Waals surface area contributed by atoms with E-state index in [1.807, 2.05) is 0 Å². The minimum atomic E-state index is 0.289. The minimum absolute atomic E-state index is 0.289. The first-order chi connectivity index (χ1) is 7.97. The monoisotopic (exact) mass is 235 g/mol. The lowest BCUT2D eigenvalue weighted by Crippen LogP contribution is -2.28. The van der Waals surface area contributed by atoms with Gasteiger partial charge in [-0.1, -0.05) is 20.8 Å². The van der Waals surface area contributed by atoms with Crippen LogP contribution in [0.2, 0.25) is 0 Å². The zero-order valence-corrected chi connectivity index (χ0v) is 11.5. The summed E-state index contributed by atoms with van der Waals surface area (Å²) in [6.07, 6.45) is 3.24. The standard InChI is InChI=1S/C14H25N3/c1-5-10-7-11(17(6-2)16-10)8-13(15)12-9-14(12,3)4/h7,12-13H,5-6,8-9,15H2,1-4H3.